The van der Waals surface area contributed by atoms with Crippen LogP contribution < -0.4 is 5.32 Å². The molecule has 0 saturated carbocycles. The molecule has 0 aliphatic rings. The van der Waals surface area contributed by atoms with Gasteiger partial charge in [-0.25, -0.2) is 0 Å². The maximum Gasteiger partial charge on any atom is 0.225 e. The van der Waals surface area contributed by atoms with Crippen LogP contribution >= 0.6 is 23.5 Å². The summed E-state index contributed by atoms with van der Waals surface area (Å²) in [5, 5.41) is 11.8. The predicted molar refractivity (Wildman–Crippen MR) is 88.2 cm³/mol. The number of para-hydroxylation sites is 1. The summed E-state index contributed by atoms with van der Waals surface area (Å²) in [6, 6.07) is 9.96. The van der Waals surface area contributed by atoms with Crippen molar-refractivity contribution in [2.45, 2.75) is 25.2 Å². The normalized spacial score (nSPS) is 11.7. The molecule has 0 aliphatic carbocycles. The van der Waals surface area contributed by atoms with E-state index in [0.717, 1.165) is 27.8 Å². The van der Waals surface area contributed by atoms with Crippen LogP contribution in [0, 0.1) is 17.2 Å². The molecule has 0 spiro atoms. The number of nitriles is 1. The van der Waals surface area contributed by atoms with Crippen LogP contribution in [0.15, 0.2) is 29.2 Å². The average Bonchev–Trinajstić information content (AvgIpc) is 2.46. The van der Waals surface area contributed by atoms with E-state index in [-0.39, 0.29) is 11.8 Å². The molecule has 108 valence electrons. The molecular formula is C15H20N2OS2. The van der Waals surface area contributed by atoms with Gasteiger partial charge in [0.1, 0.15) is 0 Å². The van der Waals surface area contributed by atoms with Gasteiger partial charge in [0.2, 0.25) is 5.91 Å². The molecule has 0 bridgehead atoms. The van der Waals surface area contributed by atoms with Crippen molar-refractivity contribution < 1.29 is 4.79 Å². The van der Waals surface area contributed by atoms with Gasteiger partial charge in [0.25, 0.3) is 0 Å². The molecule has 5 heteroatoms. The van der Waals surface area contributed by atoms with Crippen LogP contribution in [0.4, 0.5) is 5.69 Å². The molecule has 1 N–H and O–H groups in total. The van der Waals surface area contributed by atoms with Crippen molar-refractivity contribution in [2.75, 3.05) is 22.6 Å². The number of anilines is 1. The van der Waals surface area contributed by atoms with E-state index in [1.807, 2.05) is 31.2 Å². The Labute approximate surface area is 129 Å². The number of benzene rings is 1. The minimum Gasteiger partial charge on any atom is -0.325 e. The Morgan fingerprint density at radius 3 is 2.90 bits per heavy atom. The first-order valence-electron chi connectivity index (χ1n) is 6.66. The molecule has 1 aromatic rings. The third-order valence-electron chi connectivity index (χ3n) is 2.55. The molecule has 0 radical (unpaired) electrons. The van der Waals surface area contributed by atoms with Crippen LogP contribution in [0.5, 0.6) is 0 Å². The number of amides is 1. The summed E-state index contributed by atoms with van der Waals surface area (Å²) in [6.07, 6.45) is 0.534. The highest BCUT2D eigenvalue weighted by Gasteiger charge is 2.08. The molecule has 1 atom stereocenters. The predicted octanol–water partition coefficient (Wildman–Crippen LogP) is 4.02. The lowest BCUT2D eigenvalue weighted by atomic mass is 10.3. The summed E-state index contributed by atoms with van der Waals surface area (Å²) in [6.45, 7) is 3.99. The van der Waals surface area contributed by atoms with Gasteiger partial charge in [-0.15, -0.1) is 11.8 Å². The lowest BCUT2D eigenvalue weighted by molar-refractivity contribution is -0.115. The number of nitrogens with one attached hydrogen (secondary N) is 1. The van der Waals surface area contributed by atoms with E-state index in [2.05, 4.69) is 18.3 Å². The van der Waals surface area contributed by atoms with Crippen molar-refractivity contribution in [3.63, 3.8) is 0 Å². The number of carbonyl (C=O) groups excluding carboxylic acids is 1. The van der Waals surface area contributed by atoms with E-state index in [1.165, 1.54) is 0 Å². The molecule has 3 nitrogen and oxygen atoms in total. The number of rotatable bonds is 8. The molecule has 1 amide bonds. The summed E-state index contributed by atoms with van der Waals surface area (Å²) in [7, 11) is 0. The molecule has 0 aromatic heterocycles. The van der Waals surface area contributed by atoms with Crippen molar-refractivity contribution in [1.82, 2.24) is 0 Å². The Morgan fingerprint density at radius 1 is 1.45 bits per heavy atom. The maximum atomic E-state index is 11.8. The summed E-state index contributed by atoms with van der Waals surface area (Å²) in [5.41, 5.74) is 0.842. The van der Waals surface area contributed by atoms with Gasteiger partial charge in [-0.1, -0.05) is 19.1 Å². The van der Waals surface area contributed by atoms with Crippen molar-refractivity contribution in [1.29, 1.82) is 5.26 Å². The minimum atomic E-state index is 0.00436. The lowest BCUT2D eigenvalue weighted by Crippen LogP contribution is -2.13. The Kier molecular flexibility index (Phi) is 8.24. The Hall–Kier alpha value is -1.12. The number of hydrogen-bond donors (Lipinski definition) is 1. The molecule has 1 rings (SSSR count). The molecule has 0 heterocycles. The third-order valence-corrected chi connectivity index (χ3v) is 4.78. The fraction of sp³-hybridized carbons (Fsp3) is 0.467. The van der Waals surface area contributed by atoms with E-state index >= 15 is 0 Å². The Bertz CT molecular complexity index is 471. The highest BCUT2D eigenvalue weighted by Crippen LogP contribution is 2.28. The van der Waals surface area contributed by atoms with Crippen molar-refractivity contribution in [2.24, 2.45) is 5.92 Å². The van der Waals surface area contributed by atoms with Gasteiger partial charge in [-0.05, 0) is 24.8 Å². The molecule has 1 unspecified atom stereocenters. The molecule has 0 aliphatic heterocycles. The minimum absolute atomic E-state index is 0.00436. The van der Waals surface area contributed by atoms with E-state index in [0.29, 0.717) is 6.42 Å². The average molecular weight is 308 g/mol. The van der Waals surface area contributed by atoms with Crippen LogP contribution in [0.3, 0.4) is 0 Å². The van der Waals surface area contributed by atoms with E-state index < -0.39 is 0 Å². The zero-order chi connectivity index (χ0) is 14.8. The summed E-state index contributed by atoms with van der Waals surface area (Å²) in [5.74, 6) is 2.67. The van der Waals surface area contributed by atoms with Gasteiger partial charge in [0, 0.05) is 22.8 Å². The molecule has 1 aromatic carbocycles. The van der Waals surface area contributed by atoms with Gasteiger partial charge in [-0.2, -0.15) is 17.0 Å². The van der Waals surface area contributed by atoms with Crippen LogP contribution in [0.2, 0.25) is 0 Å². The molecular weight excluding hydrogens is 288 g/mol. The fourth-order valence-corrected chi connectivity index (χ4v) is 3.04. The topological polar surface area (TPSA) is 52.9 Å². The quantitative estimate of drug-likeness (QED) is 0.582. The van der Waals surface area contributed by atoms with Gasteiger partial charge in [0.15, 0.2) is 0 Å². The zero-order valence-corrected chi connectivity index (χ0v) is 13.5. The number of carbonyl (C=O) groups is 1. The highest BCUT2D eigenvalue weighted by molar-refractivity contribution is 7.99. The van der Waals surface area contributed by atoms with Crippen molar-refractivity contribution in [3.05, 3.63) is 24.3 Å². The van der Waals surface area contributed by atoms with Gasteiger partial charge < -0.3 is 5.32 Å². The molecule has 0 fully saturated rings. The van der Waals surface area contributed by atoms with E-state index in [9.17, 15) is 4.79 Å². The smallest absolute Gasteiger partial charge is 0.225 e. The van der Waals surface area contributed by atoms with Crippen LogP contribution in [0.25, 0.3) is 0 Å². The third kappa shape index (κ3) is 6.36. The SMILES string of the molecule is CCSCCC(=O)Nc1ccccc1SCC(C)C#N. The van der Waals surface area contributed by atoms with Crippen LogP contribution in [0.1, 0.15) is 20.3 Å². The molecule has 20 heavy (non-hydrogen) atoms. The number of hydrogen-bond acceptors (Lipinski definition) is 4. The monoisotopic (exact) mass is 308 g/mol. The zero-order valence-electron chi connectivity index (χ0n) is 11.9. The fourth-order valence-electron chi connectivity index (χ4n) is 1.47. The first-order chi connectivity index (χ1) is 9.67. The first kappa shape index (κ1) is 16.9. The second-order valence-corrected chi connectivity index (χ2v) is 6.79. The van der Waals surface area contributed by atoms with Crippen molar-refractivity contribution >= 4 is 35.1 Å². The summed E-state index contributed by atoms with van der Waals surface area (Å²) < 4.78 is 0. The second-order valence-electron chi connectivity index (χ2n) is 4.33. The van der Waals surface area contributed by atoms with Gasteiger partial charge >= 0.3 is 0 Å². The van der Waals surface area contributed by atoms with Crippen LogP contribution in [-0.4, -0.2) is 23.2 Å². The lowest BCUT2D eigenvalue weighted by Gasteiger charge is -2.11. The van der Waals surface area contributed by atoms with E-state index in [1.54, 1.807) is 23.5 Å². The molecule has 0 saturated heterocycles. The second kappa shape index (κ2) is 9.73. The van der Waals surface area contributed by atoms with Gasteiger partial charge in [-0.3, -0.25) is 4.79 Å². The number of nitrogens with zero attached hydrogens (tertiary/aromatic N) is 1. The first-order valence-corrected chi connectivity index (χ1v) is 8.80. The van der Waals surface area contributed by atoms with Crippen LogP contribution in [-0.2, 0) is 4.79 Å². The standard InChI is InChI=1S/C15H20N2OS2/c1-3-19-9-8-15(18)17-13-6-4-5-7-14(13)20-11-12(2)10-16/h4-7,12H,3,8-9,11H2,1-2H3,(H,17,18). The highest BCUT2D eigenvalue weighted by atomic mass is 32.2. The summed E-state index contributed by atoms with van der Waals surface area (Å²) >= 11 is 3.37. The maximum absolute atomic E-state index is 11.8. The largest absolute Gasteiger partial charge is 0.325 e. The Morgan fingerprint density at radius 2 is 2.20 bits per heavy atom. The van der Waals surface area contributed by atoms with E-state index in [4.69, 9.17) is 5.26 Å². The summed E-state index contributed by atoms with van der Waals surface area (Å²) in [4.78, 5) is 12.9. The van der Waals surface area contributed by atoms with Gasteiger partial charge in [0.05, 0.1) is 17.7 Å². The Balaban J connectivity index is 2.56. The number of thioether (sulfide) groups is 2. The van der Waals surface area contributed by atoms with Crippen molar-refractivity contribution in [3.8, 4) is 6.07 Å².